The van der Waals surface area contributed by atoms with Crippen LogP contribution in [-0.2, 0) is 4.79 Å². The fourth-order valence-electron chi connectivity index (χ4n) is 2.64. The maximum atomic E-state index is 14.0. The number of carbonyl (C=O) groups excluding carboxylic acids is 1. The van der Waals surface area contributed by atoms with Gasteiger partial charge < -0.3 is 10.2 Å². The summed E-state index contributed by atoms with van der Waals surface area (Å²) in [5, 5.41) is 2.66. The summed E-state index contributed by atoms with van der Waals surface area (Å²) in [7, 11) is 0. The lowest BCUT2D eigenvalue weighted by molar-refractivity contribution is -0.131. The van der Waals surface area contributed by atoms with Gasteiger partial charge in [-0.1, -0.05) is 30.3 Å². The molecule has 0 spiro atoms. The minimum atomic E-state index is -0.644. The van der Waals surface area contributed by atoms with Crippen LogP contribution in [0.15, 0.2) is 53.4 Å². The van der Waals surface area contributed by atoms with Gasteiger partial charge in [-0.3, -0.25) is 4.79 Å². The molecule has 0 saturated carbocycles. The molecule has 1 atom stereocenters. The van der Waals surface area contributed by atoms with Crippen LogP contribution in [0.5, 0.6) is 0 Å². The second-order valence-corrected chi connectivity index (χ2v) is 6.71. The number of amides is 1. The lowest BCUT2D eigenvalue weighted by Gasteiger charge is -2.31. The van der Waals surface area contributed by atoms with E-state index in [1.54, 1.807) is 4.90 Å². The van der Waals surface area contributed by atoms with Gasteiger partial charge in [0.05, 0.1) is 0 Å². The first kappa shape index (κ1) is 16.9. The SMILES string of the molecule is O=C(C(Sc1ccc(F)cc1F)c1ccccc1)N1CCNCC1. The molecule has 0 aromatic heterocycles. The van der Waals surface area contributed by atoms with Crippen LogP contribution >= 0.6 is 11.8 Å². The standard InChI is InChI=1S/C18H18F2N2OS/c19-14-6-7-16(15(20)12-14)24-17(13-4-2-1-3-5-13)18(23)22-10-8-21-9-11-22/h1-7,12,17,21H,8-11H2. The van der Waals surface area contributed by atoms with E-state index in [4.69, 9.17) is 0 Å². The summed E-state index contributed by atoms with van der Waals surface area (Å²) in [5.41, 5.74) is 0.815. The molecule has 0 bridgehead atoms. The van der Waals surface area contributed by atoms with E-state index in [2.05, 4.69) is 5.32 Å². The van der Waals surface area contributed by atoms with E-state index >= 15 is 0 Å². The number of nitrogens with one attached hydrogen (secondary N) is 1. The van der Waals surface area contributed by atoms with E-state index in [-0.39, 0.29) is 10.8 Å². The van der Waals surface area contributed by atoms with Crippen LogP contribution in [0.3, 0.4) is 0 Å². The zero-order chi connectivity index (χ0) is 16.9. The van der Waals surface area contributed by atoms with Gasteiger partial charge in [-0.05, 0) is 17.7 Å². The zero-order valence-corrected chi connectivity index (χ0v) is 13.9. The number of hydrogen-bond acceptors (Lipinski definition) is 3. The highest BCUT2D eigenvalue weighted by Crippen LogP contribution is 2.38. The summed E-state index contributed by atoms with van der Waals surface area (Å²) in [6.07, 6.45) is 0. The minimum Gasteiger partial charge on any atom is -0.339 e. The third-order valence-corrected chi connectivity index (χ3v) is 5.19. The molecular weight excluding hydrogens is 330 g/mol. The van der Waals surface area contributed by atoms with Gasteiger partial charge in [0.1, 0.15) is 16.9 Å². The molecule has 1 aliphatic rings. The van der Waals surface area contributed by atoms with Crippen LogP contribution in [0.1, 0.15) is 10.8 Å². The van der Waals surface area contributed by atoms with Crippen LogP contribution in [0.2, 0.25) is 0 Å². The van der Waals surface area contributed by atoms with Gasteiger partial charge >= 0.3 is 0 Å². The number of rotatable bonds is 4. The van der Waals surface area contributed by atoms with Crippen molar-refractivity contribution in [3.8, 4) is 0 Å². The van der Waals surface area contributed by atoms with Crippen molar-refractivity contribution in [1.29, 1.82) is 0 Å². The van der Waals surface area contributed by atoms with E-state index < -0.39 is 16.9 Å². The number of piperazine rings is 1. The molecular formula is C18H18F2N2OS. The number of hydrogen-bond donors (Lipinski definition) is 1. The van der Waals surface area contributed by atoms with Crippen LogP contribution < -0.4 is 5.32 Å². The van der Waals surface area contributed by atoms with Crippen molar-refractivity contribution in [2.24, 2.45) is 0 Å². The maximum Gasteiger partial charge on any atom is 0.240 e. The molecule has 3 rings (SSSR count). The number of benzene rings is 2. The van der Waals surface area contributed by atoms with Crippen molar-refractivity contribution in [2.45, 2.75) is 10.1 Å². The Labute approximate surface area is 144 Å². The highest BCUT2D eigenvalue weighted by Gasteiger charge is 2.28. The first-order valence-electron chi connectivity index (χ1n) is 7.81. The summed E-state index contributed by atoms with van der Waals surface area (Å²) >= 11 is 1.13. The van der Waals surface area contributed by atoms with Crippen LogP contribution in [-0.4, -0.2) is 37.0 Å². The van der Waals surface area contributed by atoms with Crippen molar-refractivity contribution in [2.75, 3.05) is 26.2 Å². The monoisotopic (exact) mass is 348 g/mol. The van der Waals surface area contributed by atoms with E-state index in [9.17, 15) is 13.6 Å². The number of nitrogens with zero attached hydrogens (tertiary/aromatic N) is 1. The van der Waals surface area contributed by atoms with Gasteiger partial charge in [-0.2, -0.15) is 0 Å². The van der Waals surface area contributed by atoms with Gasteiger partial charge in [0.2, 0.25) is 5.91 Å². The van der Waals surface area contributed by atoms with Crippen LogP contribution in [0.4, 0.5) is 8.78 Å². The molecule has 126 valence electrons. The smallest absolute Gasteiger partial charge is 0.240 e. The minimum absolute atomic E-state index is 0.0450. The Morgan fingerprint density at radius 2 is 1.79 bits per heavy atom. The number of halogens is 2. The maximum absolute atomic E-state index is 14.0. The highest BCUT2D eigenvalue weighted by atomic mass is 32.2. The third kappa shape index (κ3) is 3.94. The fraction of sp³-hybridized carbons (Fsp3) is 0.278. The topological polar surface area (TPSA) is 32.3 Å². The Morgan fingerprint density at radius 3 is 2.46 bits per heavy atom. The summed E-state index contributed by atoms with van der Waals surface area (Å²) in [4.78, 5) is 15.0. The van der Waals surface area contributed by atoms with E-state index in [0.29, 0.717) is 13.1 Å². The van der Waals surface area contributed by atoms with Gasteiger partial charge in [0.15, 0.2) is 0 Å². The molecule has 24 heavy (non-hydrogen) atoms. The Kier molecular flexibility index (Phi) is 5.48. The van der Waals surface area contributed by atoms with Crippen molar-refractivity contribution < 1.29 is 13.6 Å². The van der Waals surface area contributed by atoms with Crippen LogP contribution in [0.25, 0.3) is 0 Å². The van der Waals surface area contributed by atoms with Crippen molar-refractivity contribution in [3.63, 3.8) is 0 Å². The summed E-state index contributed by atoms with van der Waals surface area (Å²) in [5.74, 6) is -1.31. The molecule has 0 radical (unpaired) electrons. The predicted molar refractivity (Wildman–Crippen MR) is 90.8 cm³/mol. The largest absolute Gasteiger partial charge is 0.339 e. The van der Waals surface area contributed by atoms with Gasteiger partial charge in [0, 0.05) is 37.1 Å². The molecule has 3 nitrogen and oxygen atoms in total. The van der Waals surface area contributed by atoms with Gasteiger partial charge in [0.25, 0.3) is 0 Å². The average Bonchev–Trinajstić information content (AvgIpc) is 2.62. The van der Waals surface area contributed by atoms with Crippen molar-refractivity contribution in [1.82, 2.24) is 10.2 Å². The van der Waals surface area contributed by atoms with Gasteiger partial charge in [-0.25, -0.2) is 8.78 Å². The molecule has 1 fully saturated rings. The average molecular weight is 348 g/mol. The van der Waals surface area contributed by atoms with E-state index in [1.165, 1.54) is 12.1 Å². The Bertz CT molecular complexity index is 705. The zero-order valence-electron chi connectivity index (χ0n) is 13.0. The molecule has 0 aliphatic carbocycles. The van der Waals surface area contributed by atoms with Crippen molar-refractivity contribution >= 4 is 17.7 Å². The molecule has 1 N–H and O–H groups in total. The summed E-state index contributed by atoms with van der Waals surface area (Å²) in [6, 6.07) is 12.8. The Balaban J connectivity index is 1.88. The molecule has 1 saturated heterocycles. The normalized spacial score (nSPS) is 16.0. The quantitative estimate of drug-likeness (QED) is 0.861. The van der Waals surface area contributed by atoms with Crippen molar-refractivity contribution in [3.05, 3.63) is 65.7 Å². The first-order chi connectivity index (χ1) is 11.6. The lowest BCUT2D eigenvalue weighted by atomic mass is 10.1. The molecule has 1 aliphatic heterocycles. The lowest BCUT2D eigenvalue weighted by Crippen LogP contribution is -2.47. The Morgan fingerprint density at radius 1 is 1.08 bits per heavy atom. The molecule has 2 aromatic rings. The summed E-state index contributed by atoms with van der Waals surface area (Å²) < 4.78 is 27.2. The number of thioether (sulfide) groups is 1. The second-order valence-electron chi connectivity index (χ2n) is 5.56. The molecule has 1 amide bonds. The molecule has 1 heterocycles. The molecule has 1 unspecified atom stereocenters. The fourth-order valence-corrected chi connectivity index (χ4v) is 3.75. The second kappa shape index (κ2) is 7.77. The Hall–Kier alpha value is -1.92. The predicted octanol–water partition coefficient (Wildman–Crippen LogP) is 3.23. The van der Waals surface area contributed by atoms with Gasteiger partial charge in [-0.15, -0.1) is 11.8 Å². The molecule has 6 heteroatoms. The summed E-state index contributed by atoms with van der Waals surface area (Å²) in [6.45, 7) is 2.77. The number of carbonyl (C=O) groups is 1. The molecule has 2 aromatic carbocycles. The third-order valence-electron chi connectivity index (χ3n) is 3.89. The highest BCUT2D eigenvalue weighted by molar-refractivity contribution is 8.00. The van der Waals surface area contributed by atoms with E-state index in [0.717, 1.165) is 36.5 Å². The van der Waals surface area contributed by atoms with E-state index in [1.807, 2.05) is 30.3 Å². The van der Waals surface area contributed by atoms with Crippen LogP contribution in [0, 0.1) is 11.6 Å². The first-order valence-corrected chi connectivity index (χ1v) is 8.69.